The molecule has 0 spiro atoms. The largest absolute Gasteiger partial charge is 0.468 e. The van der Waals surface area contributed by atoms with Crippen LogP contribution < -0.4 is 0 Å². The molecule has 0 aliphatic carbocycles. The van der Waals surface area contributed by atoms with Gasteiger partial charge in [0.25, 0.3) is 0 Å². The molecule has 0 saturated heterocycles. The monoisotopic (exact) mass is 213 g/mol. The normalized spacial score (nSPS) is 11.5. The van der Waals surface area contributed by atoms with Gasteiger partial charge in [0.1, 0.15) is 10.4 Å². The molecule has 14 heavy (non-hydrogen) atoms. The van der Waals surface area contributed by atoms with E-state index in [1.54, 1.807) is 11.3 Å². The zero-order valence-electron chi connectivity index (χ0n) is 9.17. The van der Waals surface area contributed by atoms with Crippen molar-refractivity contribution in [2.75, 3.05) is 7.11 Å². The highest BCUT2D eigenvalue weighted by molar-refractivity contribution is 7.12. The Kier molecular flexibility index (Phi) is 2.95. The van der Waals surface area contributed by atoms with Gasteiger partial charge < -0.3 is 4.74 Å². The number of carbonyl (C=O) groups is 1. The molecule has 78 valence electrons. The maximum Gasteiger partial charge on any atom is 0.318 e. The average molecular weight is 213 g/mol. The van der Waals surface area contributed by atoms with E-state index in [-0.39, 0.29) is 5.97 Å². The minimum absolute atomic E-state index is 0.244. The van der Waals surface area contributed by atoms with Crippen molar-refractivity contribution in [3.8, 4) is 0 Å². The van der Waals surface area contributed by atoms with Crippen molar-refractivity contribution >= 4 is 17.3 Å². The van der Waals surface area contributed by atoms with E-state index in [1.807, 2.05) is 27.7 Å². The second-order valence-corrected chi connectivity index (χ2v) is 4.98. The van der Waals surface area contributed by atoms with Gasteiger partial charge >= 0.3 is 5.97 Å². The first-order valence-electron chi connectivity index (χ1n) is 4.42. The third kappa shape index (κ3) is 1.80. The first-order valence-corrected chi connectivity index (χ1v) is 5.24. The van der Waals surface area contributed by atoms with Crippen LogP contribution in [0.5, 0.6) is 0 Å². The van der Waals surface area contributed by atoms with Crippen LogP contribution in [0, 0.1) is 13.8 Å². The van der Waals surface area contributed by atoms with E-state index in [1.165, 1.54) is 7.11 Å². The Bertz CT molecular complexity index is 336. The van der Waals surface area contributed by atoms with Crippen molar-refractivity contribution in [2.45, 2.75) is 33.1 Å². The third-order valence-electron chi connectivity index (χ3n) is 2.26. The van der Waals surface area contributed by atoms with Gasteiger partial charge in [-0.3, -0.25) is 4.79 Å². The maximum atomic E-state index is 11.5. The fraction of sp³-hybridized carbons (Fsp3) is 0.600. The molecule has 4 heteroatoms. The molecule has 0 amide bonds. The van der Waals surface area contributed by atoms with Crippen molar-refractivity contribution < 1.29 is 9.53 Å². The van der Waals surface area contributed by atoms with Crippen molar-refractivity contribution in [2.24, 2.45) is 0 Å². The van der Waals surface area contributed by atoms with Crippen molar-refractivity contribution in [3.63, 3.8) is 0 Å². The van der Waals surface area contributed by atoms with Crippen LogP contribution in [0.3, 0.4) is 0 Å². The summed E-state index contributed by atoms with van der Waals surface area (Å²) in [7, 11) is 1.40. The number of hydrogen-bond acceptors (Lipinski definition) is 4. The smallest absolute Gasteiger partial charge is 0.318 e. The van der Waals surface area contributed by atoms with E-state index in [2.05, 4.69) is 4.98 Å². The van der Waals surface area contributed by atoms with E-state index < -0.39 is 5.41 Å². The van der Waals surface area contributed by atoms with Gasteiger partial charge in [-0.25, -0.2) is 4.98 Å². The molecule has 0 radical (unpaired) electrons. The van der Waals surface area contributed by atoms with Gasteiger partial charge in [0.05, 0.1) is 12.8 Å². The zero-order chi connectivity index (χ0) is 10.9. The standard InChI is InChI=1S/C10H15NO2S/c1-6-7(2)14-8(11-6)10(3,4)9(12)13-5/h1-5H3. The topological polar surface area (TPSA) is 39.2 Å². The lowest BCUT2D eigenvalue weighted by molar-refractivity contribution is -0.146. The molecule has 0 aliphatic rings. The van der Waals surface area contributed by atoms with E-state index in [4.69, 9.17) is 4.74 Å². The van der Waals surface area contributed by atoms with Crippen LogP contribution in [0.4, 0.5) is 0 Å². The zero-order valence-corrected chi connectivity index (χ0v) is 9.99. The summed E-state index contributed by atoms with van der Waals surface area (Å²) in [5, 5.41) is 0.819. The number of rotatable bonds is 2. The molecule has 1 heterocycles. The van der Waals surface area contributed by atoms with E-state index in [0.717, 1.165) is 15.6 Å². The third-order valence-corrected chi connectivity index (χ3v) is 3.66. The summed E-state index contributed by atoms with van der Waals surface area (Å²) in [6.45, 7) is 7.61. The molecule has 1 aromatic rings. The van der Waals surface area contributed by atoms with Gasteiger partial charge in [0, 0.05) is 4.88 Å². The lowest BCUT2D eigenvalue weighted by atomic mass is 9.95. The molecule has 0 N–H and O–H groups in total. The summed E-state index contributed by atoms with van der Waals surface area (Å²) in [6.07, 6.45) is 0. The maximum absolute atomic E-state index is 11.5. The Morgan fingerprint density at radius 1 is 1.43 bits per heavy atom. The van der Waals surface area contributed by atoms with Crippen molar-refractivity contribution in [3.05, 3.63) is 15.6 Å². The molecule has 0 aromatic carbocycles. The van der Waals surface area contributed by atoms with Crippen molar-refractivity contribution in [1.82, 2.24) is 4.98 Å². The molecule has 0 fully saturated rings. The molecule has 1 rings (SSSR count). The van der Waals surface area contributed by atoms with Gasteiger partial charge in [-0.15, -0.1) is 11.3 Å². The highest BCUT2D eigenvalue weighted by Gasteiger charge is 2.34. The van der Waals surface area contributed by atoms with Gasteiger partial charge in [-0.05, 0) is 27.7 Å². The number of hydrogen-bond donors (Lipinski definition) is 0. The second kappa shape index (κ2) is 3.69. The molecule has 0 atom stereocenters. The first-order chi connectivity index (χ1) is 6.39. The summed E-state index contributed by atoms with van der Waals surface area (Å²) < 4.78 is 4.75. The van der Waals surface area contributed by atoms with Gasteiger partial charge in [0.2, 0.25) is 0 Å². The summed E-state index contributed by atoms with van der Waals surface area (Å²) in [5.74, 6) is -0.244. The number of ether oxygens (including phenoxy) is 1. The lowest BCUT2D eigenvalue weighted by Crippen LogP contribution is -2.30. The van der Waals surface area contributed by atoms with Crippen LogP contribution in [0.25, 0.3) is 0 Å². The number of aromatic nitrogens is 1. The molecule has 1 aromatic heterocycles. The van der Waals surface area contributed by atoms with E-state index >= 15 is 0 Å². The number of thiazole rings is 1. The predicted molar refractivity (Wildman–Crippen MR) is 56.6 cm³/mol. The number of methoxy groups -OCH3 is 1. The molecular weight excluding hydrogens is 198 g/mol. The Hall–Kier alpha value is -0.900. The Morgan fingerprint density at radius 3 is 2.36 bits per heavy atom. The van der Waals surface area contributed by atoms with Gasteiger partial charge in [0.15, 0.2) is 0 Å². The number of esters is 1. The van der Waals surface area contributed by atoms with E-state index in [0.29, 0.717) is 0 Å². The van der Waals surface area contributed by atoms with Crippen LogP contribution in [-0.2, 0) is 14.9 Å². The van der Waals surface area contributed by atoms with Crippen LogP contribution in [0.15, 0.2) is 0 Å². The highest BCUT2D eigenvalue weighted by atomic mass is 32.1. The Morgan fingerprint density at radius 2 is 2.00 bits per heavy atom. The number of carbonyl (C=O) groups excluding carboxylic acids is 1. The predicted octanol–water partition coefficient (Wildman–Crippen LogP) is 2.21. The molecule has 3 nitrogen and oxygen atoms in total. The SMILES string of the molecule is COC(=O)C(C)(C)c1nc(C)c(C)s1. The number of nitrogens with zero attached hydrogens (tertiary/aromatic N) is 1. The van der Waals surface area contributed by atoms with Crippen LogP contribution >= 0.6 is 11.3 Å². The molecule has 0 saturated carbocycles. The lowest BCUT2D eigenvalue weighted by Gasteiger charge is -2.17. The summed E-state index contributed by atoms with van der Waals surface area (Å²) in [5.41, 5.74) is 0.348. The quantitative estimate of drug-likeness (QED) is 0.707. The minimum Gasteiger partial charge on any atom is -0.468 e. The highest BCUT2D eigenvalue weighted by Crippen LogP contribution is 2.30. The molecule has 0 bridgehead atoms. The summed E-state index contributed by atoms with van der Waals surface area (Å²) in [4.78, 5) is 17.0. The fourth-order valence-corrected chi connectivity index (χ4v) is 2.09. The fourth-order valence-electron chi connectivity index (χ4n) is 1.08. The van der Waals surface area contributed by atoms with Crippen molar-refractivity contribution in [1.29, 1.82) is 0 Å². The molecular formula is C10H15NO2S. The first kappa shape index (κ1) is 11.2. The second-order valence-electron chi connectivity index (χ2n) is 3.78. The average Bonchev–Trinajstić information content (AvgIpc) is 2.46. The van der Waals surface area contributed by atoms with Crippen LogP contribution in [0.2, 0.25) is 0 Å². The molecule has 0 unspecified atom stereocenters. The number of aryl methyl sites for hydroxylation is 2. The minimum atomic E-state index is -0.640. The van der Waals surface area contributed by atoms with Gasteiger partial charge in [-0.2, -0.15) is 0 Å². The Balaban J connectivity index is 3.09. The van der Waals surface area contributed by atoms with Gasteiger partial charge in [-0.1, -0.05) is 0 Å². The van der Waals surface area contributed by atoms with Crippen LogP contribution in [0.1, 0.15) is 29.4 Å². The van der Waals surface area contributed by atoms with Crippen LogP contribution in [-0.4, -0.2) is 18.1 Å². The summed E-state index contributed by atoms with van der Waals surface area (Å²) in [6, 6.07) is 0. The van der Waals surface area contributed by atoms with E-state index in [9.17, 15) is 4.79 Å². The Labute approximate surface area is 88.1 Å². The summed E-state index contributed by atoms with van der Waals surface area (Å²) >= 11 is 1.55. The molecule has 0 aliphatic heterocycles.